The second-order valence-corrected chi connectivity index (χ2v) is 7.68. The van der Waals surface area contributed by atoms with Crippen molar-refractivity contribution < 1.29 is 9.32 Å². The number of thiophene rings is 1. The Balaban J connectivity index is 1.65. The number of nitrogens with zero attached hydrogens (tertiary/aromatic N) is 1. The van der Waals surface area contributed by atoms with Crippen LogP contribution in [0.25, 0.3) is 11.3 Å². The van der Waals surface area contributed by atoms with E-state index in [2.05, 4.69) is 42.3 Å². The fourth-order valence-corrected chi connectivity index (χ4v) is 3.81. The number of amides is 1. The SMILES string of the molecule is O=C(NCc1cc(-c2ccccc2)no1)c1cc(Br)c(Br)s1. The molecular weight excluding hydrogens is 432 g/mol. The summed E-state index contributed by atoms with van der Waals surface area (Å²) in [5.74, 6) is 0.468. The van der Waals surface area contributed by atoms with Crippen molar-refractivity contribution in [1.82, 2.24) is 10.5 Å². The van der Waals surface area contributed by atoms with Crippen LogP contribution < -0.4 is 5.32 Å². The van der Waals surface area contributed by atoms with E-state index in [1.165, 1.54) is 11.3 Å². The minimum atomic E-state index is -0.144. The number of hydrogen-bond acceptors (Lipinski definition) is 4. The fraction of sp³-hybridized carbons (Fsp3) is 0.0667. The Morgan fingerprint density at radius 3 is 2.68 bits per heavy atom. The minimum Gasteiger partial charge on any atom is -0.359 e. The molecule has 0 unspecified atom stereocenters. The maximum Gasteiger partial charge on any atom is 0.261 e. The zero-order valence-electron chi connectivity index (χ0n) is 11.2. The number of rotatable bonds is 4. The van der Waals surface area contributed by atoms with Gasteiger partial charge in [0.05, 0.1) is 15.2 Å². The van der Waals surface area contributed by atoms with Crippen molar-refractivity contribution in [2.45, 2.75) is 6.54 Å². The van der Waals surface area contributed by atoms with Gasteiger partial charge in [0.25, 0.3) is 5.91 Å². The van der Waals surface area contributed by atoms with Crippen molar-refractivity contribution in [3.8, 4) is 11.3 Å². The standard InChI is InChI=1S/C15H10Br2N2O2S/c16-11-7-13(22-14(11)17)15(20)18-8-10-6-12(19-21-10)9-4-2-1-3-5-9/h1-7H,8H2,(H,18,20). The van der Waals surface area contributed by atoms with Crippen LogP contribution in [0.15, 0.2) is 55.2 Å². The van der Waals surface area contributed by atoms with Crippen molar-refractivity contribution in [3.05, 3.63) is 61.4 Å². The molecule has 3 aromatic rings. The van der Waals surface area contributed by atoms with Gasteiger partial charge in [-0.15, -0.1) is 11.3 Å². The number of aromatic nitrogens is 1. The summed E-state index contributed by atoms with van der Waals surface area (Å²) in [4.78, 5) is 12.7. The molecular formula is C15H10Br2N2O2S. The lowest BCUT2D eigenvalue weighted by molar-refractivity contribution is 0.0951. The van der Waals surface area contributed by atoms with Crippen molar-refractivity contribution in [2.24, 2.45) is 0 Å². The highest BCUT2D eigenvalue weighted by Gasteiger charge is 2.13. The van der Waals surface area contributed by atoms with E-state index in [0.717, 1.165) is 19.5 Å². The number of carbonyl (C=O) groups excluding carboxylic acids is 1. The zero-order chi connectivity index (χ0) is 15.5. The summed E-state index contributed by atoms with van der Waals surface area (Å²) >= 11 is 8.11. The maximum atomic E-state index is 12.1. The van der Waals surface area contributed by atoms with E-state index in [0.29, 0.717) is 17.2 Å². The molecule has 1 amide bonds. The third kappa shape index (κ3) is 3.48. The molecule has 0 radical (unpaired) electrons. The van der Waals surface area contributed by atoms with Gasteiger partial charge in [0, 0.05) is 16.1 Å². The Labute approximate surface area is 147 Å². The van der Waals surface area contributed by atoms with Crippen LogP contribution in [0, 0.1) is 0 Å². The first-order valence-corrected chi connectivity index (χ1v) is 8.78. The molecule has 112 valence electrons. The van der Waals surface area contributed by atoms with Gasteiger partial charge in [0.2, 0.25) is 0 Å². The summed E-state index contributed by atoms with van der Waals surface area (Å²) in [6, 6.07) is 13.4. The van der Waals surface area contributed by atoms with E-state index in [1.807, 2.05) is 36.4 Å². The van der Waals surface area contributed by atoms with E-state index in [4.69, 9.17) is 4.52 Å². The second-order valence-electron chi connectivity index (χ2n) is 4.46. The Bertz CT molecular complexity index is 779. The highest BCUT2D eigenvalue weighted by atomic mass is 79.9. The fourth-order valence-electron chi connectivity index (χ4n) is 1.85. The number of nitrogens with one attached hydrogen (secondary N) is 1. The number of benzene rings is 1. The summed E-state index contributed by atoms with van der Waals surface area (Å²) in [7, 11) is 0. The second kappa shape index (κ2) is 6.76. The molecule has 2 aromatic heterocycles. The van der Waals surface area contributed by atoms with E-state index < -0.39 is 0 Å². The molecule has 0 atom stereocenters. The number of carbonyl (C=O) groups is 1. The van der Waals surface area contributed by atoms with Crippen LogP contribution in [-0.4, -0.2) is 11.1 Å². The highest BCUT2D eigenvalue weighted by molar-refractivity contribution is 9.13. The van der Waals surface area contributed by atoms with E-state index in [-0.39, 0.29) is 5.91 Å². The molecule has 1 aromatic carbocycles. The third-order valence-corrected chi connectivity index (χ3v) is 6.18. The van der Waals surface area contributed by atoms with Gasteiger partial charge in [-0.3, -0.25) is 4.79 Å². The van der Waals surface area contributed by atoms with Crippen LogP contribution >= 0.6 is 43.2 Å². The van der Waals surface area contributed by atoms with Gasteiger partial charge < -0.3 is 9.84 Å². The predicted molar refractivity (Wildman–Crippen MR) is 92.8 cm³/mol. The summed E-state index contributed by atoms with van der Waals surface area (Å²) in [5.41, 5.74) is 1.74. The average Bonchev–Trinajstić information content (AvgIpc) is 3.13. The lowest BCUT2D eigenvalue weighted by atomic mass is 10.1. The van der Waals surface area contributed by atoms with Gasteiger partial charge in [-0.2, -0.15) is 0 Å². The van der Waals surface area contributed by atoms with Gasteiger partial charge in [-0.05, 0) is 37.9 Å². The maximum absolute atomic E-state index is 12.1. The molecule has 0 aliphatic rings. The smallest absolute Gasteiger partial charge is 0.261 e. The Kier molecular flexibility index (Phi) is 4.75. The van der Waals surface area contributed by atoms with Gasteiger partial charge in [0.15, 0.2) is 5.76 Å². The minimum absolute atomic E-state index is 0.144. The van der Waals surface area contributed by atoms with Crippen LogP contribution in [0.3, 0.4) is 0 Å². The summed E-state index contributed by atoms with van der Waals surface area (Å²) in [6.45, 7) is 0.297. The Hall–Kier alpha value is -1.44. The lowest BCUT2D eigenvalue weighted by Crippen LogP contribution is -2.21. The molecule has 0 bridgehead atoms. The molecule has 0 spiro atoms. The first-order chi connectivity index (χ1) is 10.6. The molecule has 2 heterocycles. The van der Waals surface area contributed by atoms with E-state index in [9.17, 15) is 4.79 Å². The molecule has 0 aliphatic heterocycles. The Morgan fingerprint density at radius 1 is 1.23 bits per heavy atom. The topological polar surface area (TPSA) is 55.1 Å². The molecule has 7 heteroatoms. The van der Waals surface area contributed by atoms with Crippen LogP contribution in [0.2, 0.25) is 0 Å². The first-order valence-electron chi connectivity index (χ1n) is 6.37. The van der Waals surface area contributed by atoms with Crippen molar-refractivity contribution in [3.63, 3.8) is 0 Å². The molecule has 1 N–H and O–H groups in total. The lowest BCUT2D eigenvalue weighted by Gasteiger charge is -1.99. The quantitative estimate of drug-likeness (QED) is 0.629. The largest absolute Gasteiger partial charge is 0.359 e. The number of halogens is 2. The van der Waals surface area contributed by atoms with Crippen LogP contribution in [0.1, 0.15) is 15.4 Å². The molecule has 0 saturated heterocycles. The monoisotopic (exact) mass is 440 g/mol. The molecule has 0 saturated carbocycles. The Morgan fingerprint density at radius 2 is 2.00 bits per heavy atom. The molecule has 22 heavy (non-hydrogen) atoms. The van der Waals surface area contributed by atoms with Gasteiger partial charge in [-0.25, -0.2) is 0 Å². The zero-order valence-corrected chi connectivity index (χ0v) is 15.2. The predicted octanol–water partition coefficient (Wildman–Crippen LogP) is 4.86. The van der Waals surface area contributed by atoms with Gasteiger partial charge in [0.1, 0.15) is 5.69 Å². The normalized spacial score (nSPS) is 10.6. The van der Waals surface area contributed by atoms with Crippen molar-refractivity contribution in [2.75, 3.05) is 0 Å². The highest BCUT2D eigenvalue weighted by Crippen LogP contribution is 2.32. The van der Waals surface area contributed by atoms with Crippen LogP contribution in [0.4, 0.5) is 0 Å². The van der Waals surface area contributed by atoms with E-state index in [1.54, 1.807) is 6.07 Å². The molecule has 0 fully saturated rings. The molecule has 3 rings (SSSR count). The van der Waals surface area contributed by atoms with Crippen molar-refractivity contribution in [1.29, 1.82) is 0 Å². The average molecular weight is 442 g/mol. The summed E-state index contributed by atoms with van der Waals surface area (Å²) < 4.78 is 7.02. The molecule has 0 aliphatic carbocycles. The van der Waals surface area contributed by atoms with Gasteiger partial charge in [-0.1, -0.05) is 35.5 Å². The van der Waals surface area contributed by atoms with Gasteiger partial charge >= 0.3 is 0 Å². The summed E-state index contributed by atoms with van der Waals surface area (Å²) in [5, 5.41) is 6.83. The number of hydrogen-bond donors (Lipinski definition) is 1. The van der Waals surface area contributed by atoms with E-state index >= 15 is 0 Å². The summed E-state index contributed by atoms with van der Waals surface area (Å²) in [6.07, 6.45) is 0. The first kappa shape index (κ1) is 15.5. The van der Waals surface area contributed by atoms with Crippen LogP contribution in [-0.2, 0) is 6.54 Å². The van der Waals surface area contributed by atoms with Crippen molar-refractivity contribution >= 4 is 49.1 Å². The molecule has 4 nitrogen and oxygen atoms in total. The third-order valence-electron chi connectivity index (χ3n) is 2.92. The van der Waals surface area contributed by atoms with Crippen LogP contribution in [0.5, 0.6) is 0 Å².